The number of ether oxygens (including phenoxy) is 1. The molecule has 0 aromatic heterocycles. The summed E-state index contributed by atoms with van der Waals surface area (Å²) in [4.78, 5) is 13.9. The molecule has 4 rings (SSSR count). The number of carbonyl (C=O) groups excluding carboxylic acids is 1. The maximum Gasteiger partial charge on any atom is 0.409 e. The van der Waals surface area contributed by atoms with E-state index in [-0.39, 0.29) is 35.5 Å². The van der Waals surface area contributed by atoms with E-state index in [0.717, 1.165) is 23.1 Å². The third-order valence-corrected chi connectivity index (χ3v) is 5.63. The van der Waals surface area contributed by atoms with Gasteiger partial charge in [0.15, 0.2) is 0 Å². The van der Waals surface area contributed by atoms with Crippen molar-refractivity contribution in [3.8, 4) is 0 Å². The Balaban J connectivity index is 1.71. The molecule has 0 N–H and O–H groups in total. The van der Waals surface area contributed by atoms with Crippen molar-refractivity contribution in [2.24, 2.45) is 5.92 Å². The van der Waals surface area contributed by atoms with Crippen LogP contribution in [0.1, 0.15) is 41.9 Å². The summed E-state index contributed by atoms with van der Waals surface area (Å²) in [6.45, 7) is 3.27. The highest BCUT2D eigenvalue weighted by atomic mass is 19.1. The van der Waals surface area contributed by atoms with Gasteiger partial charge in [-0.3, -0.25) is 0 Å². The first-order chi connectivity index (χ1) is 12.6. The molecular formula is C21H21F2NO2. The third-order valence-electron chi connectivity index (χ3n) is 5.63. The molecule has 136 valence electrons. The van der Waals surface area contributed by atoms with Gasteiger partial charge in [-0.05, 0) is 60.2 Å². The smallest absolute Gasteiger partial charge is 0.409 e. The lowest BCUT2D eigenvalue weighted by Crippen LogP contribution is -2.42. The fourth-order valence-corrected chi connectivity index (χ4v) is 4.56. The molecule has 2 aromatic carbocycles. The van der Waals surface area contributed by atoms with Crippen molar-refractivity contribution in [3.63, 3.8) is 0 Å². The van der Waals surface area contributed by atoms with E-state index < -0.39 is 0 Å². The highest BCUT2D eigenvalue weighted by Gasteiger charge is 2.45. The van der Waals surface area contributed by atoms with Crippen LogP contribution in [0.15, 0.2) is 42.5 Å². The fraction of sp³-hybridized carbons (Fsp3) is 0.381. The number of halogens is 2. The second kappa shape index (κ2) is 6.71. The van der Waals surface area contributed by atoms with Crippen molar-refractivity contribution in [1.29, 1.82) is 0 Å². The van der Waals surface area contributed by atoms with Crippen molar-refractivity contribution in [1.82, 2.24) is 4.90 Å². The zero-order valence-corrected chi connectivity index (χ0v) is 14.6. The largest absolute Gasteiger partial charge is 0.450 e. The fourth-order valence-electron chi connectivity index (χ4n) is 4.56. The molecule has 1 aliphatic heterocycles. The van der Waals surface area contributed by atoms with Gasteiger partial charge in [-0.25, -0.2) is 13.6 Å². The topological polar surface area (TPSA) is 29.5 Å². The summed E-state index contributed by atoms with van der Waals surface area (Å²) in [5.74, 6) is -0.104. The van der Waals surface area contributed by atoms with Crippen LogP contribution in [-0.2, 0) is 4.74 Å². The van der Waals surface area contributed by atoms with Crippen molar-refractivity contribution >= 4 is 6.09 Å². The van der Waals surface area contributed by atoms with E-state index in [4.69, 9.17) is 4.74 Å². The Morgan fingerprint density at radius 1 is 1.12 bits per heavy atom. The summed E-state index contributed by atoms with van der Waals surface area (Å²) in [7, 11) is 0. The molecule has 0 radical (unpaired) electrons. The number of benzene rings is 2. The van der Waals surface area contributed by atoms with E-state index in [1.54, 1.807) is 17.9 Å². The number of hydrogen-bond acceptors (Lipinski definition) is 2. The number of rotatable bonds is 2. The summed E-state index contributed by atoms with van der Waals surface area (Å²) < 4.78 is 32.4. The Kier molecular flexibility index (Phi) is 4.39. The van der Waals surface area contributed by atoms with Crippen molar-refractivity contribution in [3.05, 3.63) is 70.8 Å². The van der Waals surface area contributed by atoms with Gasteiger partial charge in [-0.1, -0.05) is 18.2 Å². The predicted molar refractivity (Wildman–Crippen MR) is 94.1 cm³/mol. The lowest BCUT2D eigenvalue weighted by atomic mass is 9.78. The number of nitrogens with zero attached hydrogens (tertiary/aromatic N) is 1. The van der Waals surface area contributed by atoms with E-state index in [1.165, 1.54) is 18.2 Å². The van der Waals surface area contributed by atoms with Crippen LogP contribution in [0.5, 0.6) is 0 Å². The molecule has 1 fully saturated rings. The molecule has 3 nitrogen and oxygen atoms in total. The van der Waals surface area contributed by atoms with Gasteiger partial charge in [0.1, 0.15) is 11.6 Å². The molecule has 0 bridgehead atoms. The average molecular weight is 357 g/mol. The Hall–Kier alpha value is -2.43. The summed E-state index contributed by atoms with van der Waals surface area (Å²) in [5.41, 5.74) is 3.08. The number of likely N-dealkylation sites (tertiary alicyclic amines) is 1. The summed E-state index contributed by atoms with van der Waals surface area (Å²) in [6, 6.07) is 11.5. The quantitative estimate of drug-likeness (QED) is 0.781. The Morgan fingerprint density at radius 3 is 2.58 bits per heavy atom. The standard InChI is InChI=1S/C21H21F2NO2/c1-2-26-21(25)24-10-9-17-19(12-24)18-11-15(23)7-8-16(18)20(17)13-3-5-14(22)6-4-13/h3-8,11,17,19-20H,2,9-10,12H2,1H3/t17-,19-,20-/m0/s1. The second-order valence-corrected chi connectivity index (χ2v) is 7.01. The zero-order chi connectivity index (χ0) is 18.3. The van der Waals surface area contributed by atoms with Crippen LogP contribution in [0, 0.1) is 17.6 Å². The Morgan fingerprint density at radius 2 is 1.85 bits per heavy atom. The highest BCUT2D eigenvalue weighted by Crippen LogP contribution is 2.53. The van der Waals surface area contributed by atoms with E-state index in [1.807, 2.05) is 18.2 Å². The molecule has 1 heterocycles. The third kappa shape index (κ3) is 2.85. The maximum absolute atomic E-state index is 13.9. The molecule has 2 aromatic rings. The van der Waals surface area contributed by atoms with Gasteiger partial charge in [0.05, 0.1) is 6.61 Å². The maximum atomic E-state index is 13.9. The SMILES string of the molecule is CCOC(=O)N1CC[C@@H]2[C@@H](c3ccc(F)cc3)c3ccc(F)cc3[C@H]2C1. The van der Waals surface area contributed by atoms with Gasteiger partial charge in [-0.15, -0.1) is 0 Å². The Labute approximate surface area is 151 Å². The van der Waals surface area contributed by atoms with E-state index >= 15 is 0 Å². The second-order valence-electron chi connectivity index (χ2n) is 7.01. The molecular weight excluding hydrogens is 336 g/mol. The molecule has 0 unspecified atom stereocenters. The molecule has 1 aliphatic carbocycles. The van der Waals surface area contributed by atoms with Crippen LogP contribution in [0.25, 0.3) is 0 Å². The lowest BCUT2D eigenvalue weighted by molar-refractivity contribution is 0.0859. The van der Waals surface area contributed by atoms with Crippen LogP contribution in [0.2, 0.25) is 0 Å². The molecule has 3 atom stereocenters. The van der Waals surface area contributed by atoms with E-state index in [2.05, 4.69) is 0 Å². The molecule has 1 amide bonds. The predicted octanol–water partition coefficient (Wildman–Crippen LogP) is 4.67. The number of fused-ring (bicyclic) bond motifs is 3. The lowest BCUT2D eigenvalue weighted by Gasteiger charge is -2.36. The van der Waals surface area contributed by atoms with E-state index in [9.17, 15) is 13.6 Å². The number of amides is 1. The number of hydrogen-bond donors (Lipinski definition) is 0. The molecule has 5 heteroatoms. The first-order valence-corrected chi connectivity index (χ1v) is 9.05. The molecule has 26 heavy (non-hydrogen) atoms. The number of piperidine rings is 1. The van der Waals surface area contributed by atoms with Crippen LogP contribution < -0.4 is 0 Å². The Bertz CT molecular complexity index is 821. The first kappa shape index (κ1) is 17.0. The number of carbonyl (C=O) groups is 1. The van der Waals surface area contributed by atoms with Crippen molar-refractivity contribution < 1.29 is 18.3 Å². The van der Waals surface area contributed by atoms with Crippen LogP contribution >= 0.6 is 0 Å². The molecule has 2 aliphatic rings. The average Bonchev–Trinajstić information content (AvgIpc) is 2.95. The minimum Gasteiger partial charge on any atom is -0.450 e. The van der Waals surface area contributed by atoms with Crippen LogP contribution in [0.4, 0.5) is 13.6 Å². The van der Waals surface area contributed by atoms with Crippen LogP contribution in [-0.4, -0.2) is 30.7 Å². The summed E-state index contributed by atoms with van der Waals surface area (Å²) in [5, 5.41) is 0. The van der Waals surface area contributed by atoms with Crippen molar-refractivity contribution in [2.45, 2.75) is 25.2 Å². The monoisotopic (exact) mass is 357 g/mol. The molecule has 0 spiro atoms. The first-order valence-electron chi connectivity index (χ1n) is 9.05. The minimum absolute atomic E-state index is 0.0638. The van der Waals surface area contributed by atoms with Crippen molar-refractivity contribution in [2.75, 3.05) is 19.7 Å². The van der Waals surface area contributed by atoms with Gasteiger partial charge >= 0.3 is 6.09 Å². The van der Waals surface area contributed by atoms with Gasteiger partial charge in [0.25, 0.3) is 0 Å². The van der Waals surface area contributed by atoms with E-state index in [0.29, 0.717) is 19.7 Å². The molecule has 0 saturated carbocycles. The summed E-state index contributed by atoms with van der Waals surface area (Å²) in [6.07, 6.45) is 0.496. The summed E-state index contributed by atoms with van der Waals surface area (Å²) >= 11 is 0. The normalized spacial score (nSPS) is 24.1. The van der Waals surface area contributed by atoms with Gasteiger partial charge < -0.3 is 9.64 Å². The molecule has 1 saturated heterocycles. The zero-order valence-electron chi connectivity index (χ0n) is 14.6. The van der Waals surface area contributed by atoms with Gasteiger partial charge in [0, 0.05) is 24.9 Å². The van der Waals surface area contributed by atoms with Crippen LogP contribution in [0.3, 0.4) is 0 Å². The minimum atomic E-state index is -0.311. The van der Waals surface area contributed by atoms with Gasteiger partial charge in [-0.2, -0.15) is 0 Å². The van der Waals surface area contributed by atoms with Gasteiger partial charge in [0.2, 0.25) is 0 Å². The highest BCUT2D eigenvalue weighted by molar-refractivity contribution is 5.68.